The molecule has 1 unspecified atom stereocenters. The highest BCUT2D eigenvalue weighted by Crippen LogP contribution is 2.40. The Morgan fingerprint density at radius 3 is 2.47 bits per heavy atom. The van der Waals surface area contributed by atoms with E-state index in [0.717, 1.165) is 64.0 Å². The molecule has 2 aliphatic rings. The van der Waals surface area contributed by atoms with Crippen LogP contribution in [0.1, 0.15) is 69.9 Å². The summed E-state index contributed by atoms with van der Waals surface area (Å²) in [6.07, 6.45) is 10.9. The van der Waals surface area contributed by atoms with Gasteiger partial charge in [0.15, 0.2) is 0 Å². The van der Waals surface area contributed by atoms with Crippen molar-refractivity contribution in [3.05, 3.63) is 35.4 Å². The van der Waals surface area contributed by atoms with Gasteiger partial charge in [0.05, 0.1) is 5.60 Å². The predicted molar refractivity (Wildman–Crippen MR) is 121 cm³/mol. The van der Waals surface area contributed by atoms with Gasteiger partial charge < -0.3 is 20.1 Å². The number of carbonyl (C=O) groups excluding carboxylic acids is 1. The van der Waals surface area contributed by atoms with Crippen molar-refractivity contribution in [3.63, 3.8) is 0 Å². The average Bonchev–Trinajstić information content (AvgIpc) is 2.73. The number of benzene rings is 1. The second kappa shape index (κ2) is 11.5. The summed E-state index contributed by atoms with van der Waals surface area (Å²) >= 11 is 0. The number of ether oxygens (including phenoxy) is 1. The van der Waals surface area contributed by atoms with E-state index in [1.807, 2.05) is 32.9 Å². The van der Waals surface area contributed by atoms with E-state index in [1.54, 1.807) is 0 Å². The maximum atomic E-state index is 11.4. The van der Waals surface area contributed by atoms with Crippen LogP contribution < -0.4 is 5.32 Å². The molecular formula is C25H38N2O3. The number of nitrogens with zero attached hydrogens (tertiary/aromatic N) is 1. The standard InChI is InChI=1S/C20H28N2O.C5H10O2/c1-2-17-7-6-8-18(15-17)19(16-22-13-11-21-12-14-22)20(23)9-4-3-5-10-20;1-5(2,3)7-4-6/h1,6-8,15,19,21,23H,3-5,9-14,16H2;4H,1-3H3. The maximum Gasteiger partial charge on any atom is 0.293 e. The number of nitrogens with one attached hydrogen (secondary N) is 1. The molecule has 1 saturated heterocycles. The molecule has 5 heteroatoms. The molecule has 1 saturated carbocycles. The Hall–Kier alpha value is -1.87. The van der Waals surface area contributed by atoms with Crippen LogP contribution in [-0.4, -0.2) is 60.4 Å². The van der Waals surface area contributed by atoms with Crippen molar-refractivity contribution in [2.75, 3.05) is 32.7 Å². The number of terminal acetylenes is 1. The largest absolute Gasteiger partial charge is 0.462 e. The Balaban J connectivity index is 0.000000396. The molecule has 1 aromatic carbocycles. The van der Waals surface area contributed by atoms with Crippen LogP contribution in [0.2, 0.25) is 0 Å². The van der Waals surface area contributed by atoms with Gasteiger partial charge in [-0.25, -0.2) is 0 Å². The molecule has 0 spiro atoms. The van der Waals surface area contributed by atoms with Crippen molar-refractivity contribution in [1.82, 2.24) is 10.2 Å². The lowest BCUT2D eigenvalue weighted by Crippen LogP contribution is -2.49. The molecule has 0 bridgehead atoms. The number of aliphatic hydroxyl groups is 1. The lowest BCUT2D eigenvalue weighted by molar-refractivity contribution is -0.138. The first-order valence-corrected chi connectivity index (χ1v) is 11.1. The van der Waals surface area contributed by atoms with Gasteiger partial charge in [-0.1, -0.05) is 37.3 Å². The lowest BCUT2D eigenvalue weighted by atomic mass is 9.72. The Morgan fingerprint density at radius 2 is 1.93 bits per heavy atom. The highest BCUT2D eigenvalue weighted by atomic mass is 16.5. The monoisotopic (exact) mass is 414 g/mol. The third-order valence-electron chi connectivity index (χ3n) is 5.88. The molecule has 1 aromatic rings. The number of hydrogen-bond acceptors (Lipinski definition) is 5. The van der Waals surface area contributed by atoms with Gasteiger partial charge in [0.25, 0.3) is 6.47 Å². The van der Waals surface area contributed by atoms with Crippen LogP contribution in [0.5, 0.6) is 0 Å². The zero-order valence-electron chi connectivity index (χ0n) is 18.8. The third-order valence-corrected chi connectivity index (χ3v) is 5.88. The zero-order chi connectivity index (χ0) is 22.0. The quantitative estimate of drug-likeness (QED) is 0.572. The fourth-order valence-corrected chi connectivity index (χ4v) is 4.24. The van der Waals surface area contributed by atoms with E-state index >= 15 is 0 Å². The molecule has 1 aliphatic carbocycles. The van der Waals surface area contributed by atoms with Crippen LogP contribution >= 0.6 is 0 Å². The van der Waals surface area contributed by atoms with Gasteiger partial charge in [-0.05, 0) is 51.3 Å². The minimum Gasteiger partial charge on any atom is -0.462 e. The Labute approximate surface area is 182 Å². The van der Waals surface area contributed by atoms with Crippen LogP contribution in [0, 0.1) is 12.3 Å². The zero-order valence-corrected chi connectivity index (χ0v) is 18.8. The molecule has 0 aromatic heterocycles. The third kappa shape index (κ3) is 7.75. The van der Waals surface area contributed by atoms with Gasteiger partial charge in [-0.2, -0.15) is 0 Å². The van der Waals surface area contributed by atoms with Gasteiger partial charge >= 0.3 is 0 Å². The molecule has 1 atom stereocenters. The van der Waals surface area contributed by atoms with Gasteiger partial charge in [0.2, 0.25) is 0 Å². The molecule has 0 amide bonds. The summed E-state index contributed by atoms with van der Waals surface area (Å²) < 4.78 is 4.55. The molecule has 1 heterocycles. The van der Waals surface area contributed by atoms with Gasteiger partial charge in [0.1, 0.15) is 5.60 Å². The molecular weight excluding hydrogens is 376 g/mol. The normalized spacial score (nSPS) is 20.2. The van der Waals surface area contributed by atoms with Crippen molar-refractivity contribution in [2.45, 2.75) is 70.0 Å². The Bertz CT molecular complexity index is 693. The SMILES string of the molecule is C#Cc1cccc(C(CN2CCNCC2)C2(O)CCCCC2)c1.CC(C)(C)OC=O. The van der Waals surface area contributed by atoms with Crippen LogP contribution in [0.4, 0.5) is 0 Å². The second-order valence-electron chi connectivity index (χ2n) is 9.36. The minimum atomic E-state index is -0.587. The Kier molecular flexibility index (Phi) is 9.36. The highest BCUT2D eigenvalue weighted by Gasteiger charge is 2.39. The predicted octanol–water partition coefficient (Wildman–Crippen LogP) is 3.31. The van der Waals surface area contributed by atoms with Crippen molar-refractivity contribution in [1.29, 1.82) is 0 Å². The van der Waals surface area contributed by atoms with Crippen molar-refractivity contribution < 1.29 is 14.6 Å². The second-order valence-corrected chi connectivity index (χ2v) is 9.36. The smallest absolute Gasteiger partial charge is 0.293 e. The Morgan fingerprint density at radius 1 is 1.27 bits per heavy atom. The fraction of sp³-hybridized carbons (Fsp3) is 0.640. The lowest BCUT2D eigenvalue weighted by Gasteiger charge is -2.42. The van der Waals surface area contributed by atoms with E-state index in [0.29, 0.717) is 6.47 Å². The fourth-order valence-electron chi connectivity index (χ4n) is 4.24. The number of rotatable bonds is 5. The summed E-state index contributed by atoms with van der Waals surface area (Å²) in [5.41, 5.74) is 1.20. The summed E-state index contributed by atoms with van der Waals surface area (Å²) in [6, 6.07) is 8.23. The summed E-state index contributed by atoms with van der Waals surface area (Å²) in [7, 11) is 0. The topological polar surface area (TPSA) is 61.8 Å². The van der Waals surface area contributed by atoms with Crippen LogP contribution in [0.15, 0.2) is 24.3 Å². The van der Waals surface area contributed by atoms with Gasteiger partial charge in [-0.15, -0.1) is 6.42 Å². The van der Waals surface area contributed by atoms with Crippen LogP contribution in [0.25, 0.3) is 0 Å². The van der Waals surface area contributed by atoms with Crippen molar-refractivity contribution >= 4 is 6.47 Å². The van der Waals surface area contributed by atoms with E-state index in [9.17, 15) is 9.90 Å². The molecule has 5 nitrogen and oxygen atoms in total. The van der Waals surface area contributed by atoms with E-state index in [2.05, 4.69) is 33.0 Å². The summed E-state index contributed by atoms with van der Waals surface area (Å²) in [5.74, 6) is 2.88. The van der Waals surface area contributed by atoms with E-state index in [-0.39, 0.29) is 11.5 Å². The van der Waals surface area contributed by atoms with E-state index < -0.39 is 5.60 Å². The molecule has 2 N–H and O–H groups in total. The molecule has 166 valence electrons. The molecule has 0 radical (unpaired) electrons. The highest BCUT2D eigenvalue weighted by molar-refractivity contribution is 5.38. The number of hydrogen-bond donors (Lipinski definition) is 2. The summed E-state index contributed by atoms with van der Waals surface area (Å²) in [4.78, 5) is 12.1. The van der Waals surface area contributed by atoms with E-state index in [4.69, 9.17) is 6.42 Å². The average molecular weight is 415 g/mol. The number of piperazine rings is 1. The van der Waals surface area contributed by atoms with E-state index in [1.165, 1.54) is 12.0 Å². The first-order valence-electron chi connectivity index (χ1n) is 11.1. The molecule has 3 rings (SSSR count). The van der Waals surface area contributed by atoms with Crippen molar-refractivity contribution in [2.24, 2.45) is 0 Å². The number of carbonyl (C=O) groups is 1. The van der Waals surface area contributed by atoms with Gasteiger partial charge in [0, 0.05) is 44.2 Å². The minimum absolute atomic E-state index is 0.147. The first kappa shape index (κ1) is 24.4. The molecule has 30 heavy (non-hydrogen) atoms. The summed E-state index contributed by atoms with van der Waals surface area (Å²) in [5, 5.41) is 14.8. The van der Waals surface area contributed by atoms with Crippen LogP contribution in [-0.2, 0) is 9.53 Å². The summed E-state index contributed by atoms with van der Waals surface area (Å²) in [6.45, 7) is 11.0. The van der Waals surface area contributed by atoms with Gasteiger partial charge in [-0.3, -0.25) is 4.79 Å². The van der Waals surface area contributed by atoms with Crippen LogP contribution in [0.3, 0.4) is 0 Å². The van der Waals surface area contributed by atoms with Crippen molar-refractivity contribution in [3.8, 4) is 12.3 Å². The maximum absolute atomic E-state index is 11.4. The first-order chi connectivity index (χ1) is 14.3. The molecule has 2 fully saturated rings. The molecule has 1 aliphatic heterocycles.